The van der Waals surface area contributed by atoms with E-state index in [0.717, 1.165) is 48.8 Å². The number of rotatable bonds is 6. The molecule has 3 aromatic rings. The van der Waals surface area contributed by atoms with E-state index in [0.29, 0.717) is 29.7 Å². The van der Waals surface area contributed by atoms with Crippen LogP contribution in [-0.2, 0) is 12.4 Å². The van der Waals surface area contributed by atoms with E-state index in [1.165, 1.54) is 0 Å². The fourth-order valence-corrected chi connectivity index (χ4v) is 6.50. The summed E-state index contributed by atoms with van der Waals surface area (Å²) in [4.78, 5) is 6.88. The number of piperidine rings is 3. The molecule has 5 atom stereocenters. The minimum atomic E-state index is -4.96. The third-order valence-electron chi connectivity index (χ3n) is 8.29. The third-order valence-corrected chi connectivity index (χ3v) is 8.51. The highest BCUT2D eigenvalue weighted by Crippen LogP contribution is 2.43. The lowest BCUT2D eigenvalue weighted by Crippen LogP contribution is -2.58. The molecule has 1 unspecified atom stereocenters. The summed E-state index contributed by atoms with van der Waals surface area (Å²) in [5, 5.41) is 6.61. The minimum Gasteiger partial charge on any atom is -0.497 e. The summed E-state index contributed by atoms with van der Waals surface area (Å²) in [6, 6.07) is 8.32. The number of hydrogen-bond donors (Lipinski definition) is 2. The van der Waals surface area contributed by atoms with Gasteiger partial charge in [0.05, 0.1) is 29.8 Å². The fourth-order valence-electron chi connectivity index (χ4n) is 6.25. The van der Waals surface area contributed by atoms with Gasteiger partial charge in [-0.2, -0.15) is 26.3 Å². The number of aromatic nitrogens is 1. The molecule has 2 N–H and O–H groups in total. The van der Waals surface area contributed by atoms with E-state index in [-0.39, 0.29) is 17.2 Å². The van der Waals surface area contributed by atoms with E-state index < -0.39 is 35.2 Å². The molecule has 3 aliphatic heterocycles. The Kier molecular flexibility index (Phi) is 8.08. The Morgan fingerprint density at radius 2 is 1.78 bits per heavy atom. The van der Waals surface area contributed by atoms with Gasteiger partial charge in [0.15, 0.2) is 5.11 Å². The molecule has 2 aromatic carbocycles. The summed E-state index contributed by atoms with van der Waals surface area (Å²) in [5.74, 6) is 1.72. The van der Waals surface area contributed by atoms with E-state index in [9.17, 15) is 26.3 Å². The molecule has 0 radical (unpaired) electrons. The van der Waals surface area contributed by atoms with Gasteiger partial charge in [-0.25, -0.2) is 0 Å². The summed E-state index contributed by atoms with van der Waals surface area (Å²) in [5.41, 5.74) is -1.64. The lowest BCUT2D eigenvalue weighted by atomic mass is 9.72. The number of nitrogens with one attached hydrogen (secondary N) is 2. The standard InChI is InChI=1S/C29H30F6N4OS/c1-3-16-15-39-9-7-17(16)10-25(39)26(22-6-8-36-24-5-4-21(40-2)14-23(22)24)38-27(41)37-20-12-18(28(30,31)32)11-19(13-20)29(33,34)35/h4-6,8,11-14,16-17,25-26H,3,7,9-10,15H2,1-2H3,(H2,37,38,41)/t16-,17-,25-,26-/m0/s1. The highest BCUT2D eigenvalue weighted by molar-refractivity contribution is 7.80. The van der Waals surface area contributed by atoms with Gasteiger partial charge in [-0.1, -0.05) is 13.3 Å². The first-order valence-electron chi connectivity index (χ1n) is 13.4. The summed E-state index contributed by atoms with van der Waals surface area (Å²) in [6.07, 6.45) is -5.21. The average Bonchev–Trinajstić information content (AvgIpc) is 2.94. The number of benzene rings is 2. The molecular weight excluding hydrogens is 566 g/mol. The van der Waals surface area contributed by atoms with Gasteiger partial charge in [-0.3, -0.25) is 9.88 Å². The Bertz CT molecular complexity index is 1400. The van der Waals surface area contributed by atoms with Crippen molar-refractivity contribution in [2.24, 2.45) is 11.8 Å². The molecule has 0 aliphatic carbocycles. The van der Waals surface area contributed by atoms with Crippen LogP contribution >= 0.6 is 12.2 Å². The van der Waals surface area contributed by atoms with E-state index in [1.807, 2.05) is 18.2 Å². The molecule has 0 amide bonds. The summed E-state index contributed by atoms with van der Waals surface area (Å²) in [6.45, 7) is 4.00. The predicted molar refractivity (Wildman–Crippen MR) is 149 cm³/mol. The second-order valence-corrected chi connectivity index (χ2v) is 11.1. The number of ether oxygens (including phenoxy) is 1. The van der Waals surface area contributed by atoms with Crippen LogP contribution in [0.4, 0.5) is 32.0 Å². The SMILES string of the molecule is CC[C@H]1CN2CC[C@H]1C[C@H]2[C@@H](NC(=S)Nc1cc(C(F)(F)F)cc(C(F)(F)F)c1)c1ccnc2ccc(OC)cc12. The predicted octanol–water partition coefficient (Wildman–Crippen LogP) is 7.43. The highest BCUT2D eigenvalue weighted by atomic mass is 32.1. The molecule has 3 saturated heterocycles. The van der Waals surface area contributed by atoms with Gasteiger partial charge in [0.25, 0.3) is 0 Å². The quantitative estimate of drug-likeness (QED) is 0.228. The van der Waals surface area contributed by atoms with Gasteiger partial charge in [0.2, 0.25) is 0 Å². The summed E-state index contributed by atoms with van der Waals surface area (Å²) < 4.78 is 86.1. The van der Waals surface area contributed by atoms with E-state index in [2.05, 4.69) is 27.4 Å². The topological polar surface area (TPSA) is 49.4 Å². The monoisotopic (exact) mass is 596 g/mol. The van der Waals surface area contributed by atoms with Crippen molar-refractivity contribution in [2.45, 2.75) is 50.6 Å². The van der Waals surface area contributed by atoms with Crippen LogP contribution in [0.2, 0.25) is 0 Å². The maximum Gasteiger partial charge on any atom is 0.416 e. The molecule has 0 spiro atoms. The Morgan fingerprint density at radius 1 is 1.07 bits per heavy atom. The number of hydrogen-bond acceptors (Lipinski definition) is 4. The van der Waals surface area contributed by atoms with Gasteiger partial charge in [-0.15, -0.1) is 0 Å². The smallest absolute Gasteiger partial charge is 0.416 e. The van der Waals surface area contributed by atoms with E-state index >= 15 is 0 Å². The Hall–Kier alpha value is -3.12. The molecule has 3 fully saturated rings. The maximum atomic E-state index is 13.4. The largest absolute Gasteiger partial charge is 0.497 e. The number of alkyl halides is 6. The van der Waals surface area contributed by atoms with Crippen LogP contribution in [0.1, 0.15) is 48.9 Å². The van der Waals surface area contributed by atoms with Crippen LogP contribution in [0.3, 0.4) is 0 Å². The second kappa shape index (κ2) is 11.3. The summed E-state index contributed by atoms with van der Waals surface area (Å²) in [7, 11) is 1.56. The van der Waals surface area contributed by atoms with Gasteiger partial charge in [-0.05, 0) is 91.5 Å². The van der Waals surface area contributed by atoms with Gasteiger partial charge >= 0.3 is 12.4 Å². The van der Waals surface area contributed by atoms with Gasteiger partial charge < -0.3 is 15.4 Å². The molecule has 41 heavy (non-hydrogen) atoms. The van der Waals surface area contributed by atoms with Crippen LogP contribution in [0.5, 0.6) is 5.75 Å². The van der Waals surface area contributed by atoms with E-state index in [4.69, 9.17) is 17.0 Å². The van der Waals surface area contributed by atoms with E-state index in [1.54, 1.807) is 19.4 Å². The zero-order valence-electron chi connectivity index (χ0n) is 22.4. The first-order chi connectivity index (χ1) is 19.4. The number of anilines is 1. The molecule has 4 heterocycles. The molecule has 2 bridgehead atoms. The Balaban J connectivity index is 1.51. The zero-order valence-corrected chi connectivity index (χ0v) is 23.3. The van der Waals surface area contributed by atoms with Crippen molar-refractivity contribution >= 4 is 33.9 Å². The Morgan fingerprint density at radius 3 is 2.37 bits per heavy atom. The number of thiocarbonyl (C=S) groups is 1. The molecular formula is C29H30F6N4OS. The molecule has 5 nitrogen and oxygen atoms in total. The third kappa shape index (κ3) is 6.23. The molecule has 3 aliphatic rings. The zero-order chi connectivity index (χ0) is 29.5. The average molecular weight is 597 g/mol. The van der Waals surface area contributed by atoms with Crippen LogP contribution in [0.25, 0.3) is 10.9 Å². The number of fused-ring (bicyclic) bond motifs is 4. The van der Waals surface area contributed by atoms with Crippen molar-refractivity contribution in [3.05, 3.63) is 65.4 Å². The van der Waals surface area contributed by atoms with Crippen molar-refractivity contribution in [2.75, 3.05) is 25.5 Å². The first kappa shape index (κ1) is 29.4. The number of pyridine rings is 1. The molecule has 12 heteroatoms. The second-order valence-electron chi connectivity index (χ2n) is 10.7. The maximum absolute atomic E-state index is 13.4. The van der Waals surface area contributed by atoms with Crippen molar-refractivity contribution in [3.8, 4) is 5.75 Å². The molecule has 6 rings (SSSR count). The van der Waals surface area contributed by atoms with Crippen molar-refractivity contribution in [1.82, 2.24) is 15.2 Å². The van der Waals surface area contributed by atoms with Crippen molar-refractivity contribution in [3.63, 3.8) is 0 Å². The highest BCUT2D eigenvalue weighted by Gasteiger charge is 2.43. The molecule has 220 valence electrons. The number of methoxy groups -OCH3 is 1. The molecule has 1 aromatic heterocycles. The van der Waals surface area contributed by atoms with Crippen LogP contribution in [-0.4, -0.2) is 41.2 Å². The van der Waals surface area contributed by atoms with Crippen molar-refractivity contribution in [1.29, 1.82) is 0 Å². The fraction of sp³-hybridized carbons (Fsp3) is 0.448. The van der Waals surface area contributed by atoms with Crippen molar-refractivity contribution < 1.29 is 31.1 Å². The normalized spacial score (nSPS) is 23.3. The lowest BCUT2D eigenvalue weighted by molar-refractivity contribution is -0.143. The van der Waals surface area contributed by atoms with Crippen LogP contribution in [0.15, 0.2) is 48.7 Å². The van der Waals surface area contributed by atoms with Crippen LogP contribution < -0.4 is 15.4 Å². The molecule has 0 saturated carbocycles. The minimum absolute atomic E-state index is 0.000321. The number of halogens is 6. The first-order valence-corrected chi connectivity index (χ1v) is 13.8. The van der Waals surface area contributed by atoms with Gasteiger partial charge in [0.1, 0.15) is 5.75 Å². The number of nitrogens with zero attached hydrogens (tertiary/aromatic N) is 2. The van der Waals surface area contributed by atoms with Crippen LogP contribution in [0, 0.1) is 11.8 Å². The van der Waals surface area contributed by atoms with Gasteiger partial charge in [0, 0.05) is 29.9 Å². The summed E-state index contributed by atoms with van der Waals surface area (Å²) >= 11 is 5.51. The Labute approximate surface area is 239 Å². The lowest BCUT2D eigenvalue weighted by Gasteiger charge is -2.52.